The summed E-state index contributed by atoms with van der Waals surface area (Å²) >= 11 is 0. The Morgan fingerprint density at radius 3 is 2.15 bits per heavy atom. The number of carboxylic acid groups (broad SMARTS) is 1. The van der Waals surface area contributed by atoms with Gasteiger partial charge >= 0.3 is 12.0 Å². The third kappa shape index (κ3) is 4.64. The lowest BCUT2D eigenvalue weighted by atomic mass is 9.87. The van der Waals surface area contributed by atoms with Gasteiger partial charge in [0.05, 0.1) is 6.61 Å². The maximum atomic E-state index is 12.1. The molecule has 0 radical (unpaired) electrons. The summed E-state index contributed by atoms with van der Waals surface area (Å²) in [5.41, 5.74) is -0.541. The first-order valence-corrected chi connectivity index (χ1v) is 6.87. The molecular weight excluding hydrogens is 262 g/mol. The van der Waals surface area contributed by atoms with Crippen LogP contribution in [0.2, 0.25) is 0 Å². The molecule has 20 heavy (non-hydrogen) atoms. The smallest absolute Gasteiger partial charge is 0.326 e. The zero-order valence-corrected chi connectivity index (χ0v) is 12.4. The standard InChI is InChI=1S/C13H25N3O4/c1-13(2,3)10(11(18)19)14-12(20)16-6-4-15(5-7-16)8-9-17/h10,17H,4-9H2,1-3H3,(H,14,20)(H,18,19)/t10-/m0/s1. The second-order valence-corrected chi connectivity index (χ2v) is 6.14. The first-order valence-electron chi connectivity index (χ1n) is 6.87. The highest BCUT2D eigenvalue weighted by molar-refractivity contribution is 5.83. The molecule has 0 aromatic rings. The van der Waals surface area contributed by atoms with Gasteiger partial charge in [0, 0.05) is 32.7 Å². The zero-order chi connectivity index (χ0) is 15.3. The number of amides is 2. The van der Waals surface area contributed by atoms with Gasteiger partial charge in [-0.1, -0.05) is 20.8 Å². The number of rotatable bonds is 4. The first kappa shape index (κ1) is 16.7. The van der Waals surface area contributed by atoms with Gasteiger partial charge in [0.2, 0.25) is 0 Å². The van der Waals surface area contributed by atoms with Crippen molar-refractivity contribution in [3.8, 4) is 0 Å². The molecule has 0 bridgehead atoms. The third-order valence-electron chi connectivity index (χ3n) is 3.46. The van der Waals surface area contributed by atoms with E-state index >= 15 is 0 Å². The van der Waals surface area contributed by atoms with Gasteiger partial charge in [-0.25, -0.2) is 9.59 Å². The van der Waals surface area contributed by atoms with E-state index in [1.54, 1.807) is 25.7 Å². The first-order chi connectivity index (χ1) is 9.25. The Bertz CT molecular complexity index is 346. The van der Waals surface area contributed by atoms with Crippen molar-refractivity contribution in [1.29, 1.82) is 0 Å². The van der Waals surface area contributed by atoms with Gasteiger partial charge in [-0.3, -0.25) is 4.90 Å². The number of β-amino-alcohol motifs (C(OH)–C–C–N with tert-alkyl or cyclic N) is 1. The number of aliphatic hydroxyl groups is 1. The Balaban J connectivity index is 2.53. The molecule has 3 N–H and O–H groups in total. The van der Waals surface area contributed by atoms with E-state index in [2.05, 4.69) is 10.2 Å². The highest BCUT2D eigenvalue weighted by atomic mass is 16.4. The molecule has 0 aromatic heterocycles. The van der Waals surface area contributed by atoms with Gasteiger partial charge in [0.15, 0.2) is 0 Å². The van der Waals surface area contributed by atoms with Crippen LogP contribution < -0.4 is 5.32 Å². The Labute approximate surface area is 119 Å². The van der Waals surface area contributed by atoms with Crippen molar-refractivity contribution in [2.75, 3.05) is 39.3 Å². The predicted octanol–water partition coefficient (Wildman–Crippen LogP) is -0.195. The number of carboxylic acids is 1. The Morgan fingerprint density at radius 2 is 1.75 bits per heavy atom. The topological polar surface area (TPSA) is 93.1 Å². The third-order valence-corrected chi connectivity index (χ3v) is 3.46. The molecular formula is C13H25N3O4. The van der Waals surface area contributed by atoms with Crippen LogP contribution in [0.4, 0.5) is 4.79 Å². The van der Waals surface area contributed by atoms with E-state index in [0.717, 1.165) is 0 Å². The summed E-state index contributed by atoms with van der Waals surface area (Å²) in [5.74, 6) is -1.02. The van der Waals surface area contributed by atoms with Crippen LogP contribution in [-0.2, 0) is 4.79 Å². The molecule has 1 aliphatic rings. The van der Waals surface area contributed by atoms with Gasteiger partial charge < -0.3 is 20.4 Å². The zero-order valence-electron chi connectivity index (χ0n) is 12.4. The summed E-state index contributed by atoms with van der Waals surface area (Å²) < 4.78 is 0. The number of aliphatic hydroxyl groups excluding tert-OH is 1. The van der Waals surface area contributed by atoms with Crippen LogP contribution in [0, 0.1) is 5.41 Å². The molecule has 2 amide bonds. The fourth-order valence-corrected chi connectivity index (χ4v) is 2.18. The van der Waals surface area contributed by atoms with Gasteiger partial charge in [-0.2, -0.15) is 0 Å². The summed E-state index contributed by atoms with van der Waals surface area (Å²) in [6, 6.07) is -1.25. The normalized spacial score (nSPS) is 18.7. The van der Waals surface area contributed by atoms with Crippen molar-refractivity contribution in [2.45, 2.75) is 26.8 Å². The van der Waals surface area contributed by atoms with E-state index in [4.69, 9.17) is 5.11 Å². The Morgan fingerprint density at radius 1 is 1.20 bits per heavy atom. The number of piperazine rings is 1. The molecule has 1 aliphatic heterocycles. The molecule has 1 rings (SSSR count). The predicted molar refractivity (Wildman–Crippen MR) is 74.5 cm³/mol. The van der Waals surface area contributed by atoms with Crippen LogP contribution in [0.1, 0.15) is 20.8 Å². The maximum Gasteiger partial charge on any atom is 0.326 e. The van der Waals surface area contributed by atoms with E-state index in [-0.39, 0.29) is 12.6 Å². The second kappa shape index (κ2) is 6.90. The lowest BCUT2D eigenvalue weighted by Gasteiger charge is -2.36. The van der Waals surface area contributed by atoms with Crippen molar-refractivity contribution in [3.63, 3.8) is 0 Å². The summed E-state index contributed by atoms with van der Waals surface area (Å²) in [7, 11) is 0. The molecule has 0 saturated carbocycles. The average Bonchev–Trinajstić information content (AvgIpc) is 2.35. The number of aliphatic carboxylic acids is 1. The molecule has 0 aromatic carbocycles. The van der Waals surface area contributed by atoms with E-state index in [1.165, 1.54) is 0 Å². The monoisotopic (exact) mass is 287 g/mol. The Hall–Kier alpha value is -1.34. The number of hydrogen-bond donors (Lipinski definition) is 3. The fraction of sp³-hybridized carbons (Fsp3) is 0.846. The Kier molecular flexibility index (Phi) is 5.76. The molecule has 0 spiro atoms. The van der Waals surface area contributed by atoms with Crippen molar-refractivity contribution in [2.24, 2.45) is 5.41 Å². The SMILES string of the molecule is CC(C)(C)[C@@H](NC(=O)N1CCN(CCO)CC1)C(=O)O. The van der Waals surface area contributed by atoms with Crippen LogP contribution in [0.25, 0.3) is 0 Å². The van der Waals surface area contributed by atoms with Crippen LogP contribution in [-0.4, -0.2) is 77.4 Å². The van der Waals surface area contributed by atoms with Crippen molar-refractivity contribution >= 4 is 12.0 Å². The summed E-state index contributed by atoms with van der Waals surface area (Å²) in [5, 5.41) is 20.7. The molecule has 116 valence electrons. The van der Waals surface area contributed by atoms with Crippen LogP contribution in [0.5, 0.6) is 0 Å². The highest BCUT2D eigenvalue weighted by Gasteiger charge is 2.34. The lowest BCUT2D eigenvalue weighted by molar-refractivity contribution is -0.142. The lowest BCUT2D eigenvalue weighted by Crippen LogP contribution is -2.57. The van der Waals surface area contributed by atoms with E-state index in [1.807, 2.05) is 0 Å². The molecule has 1 atom stereocenters. The van der Waals surface area contributed by atoms with E-state index in [0.29, 0.717) is 32.7 Å². The van der Waals surface area contributed by atoms with Gasteiger partial charge in [-0.15, -0.1) is 0 Å². The second-order valence-electron chi connectivity index (χ2n) is 6.14. The molecule has 0 unspecified atom stereocenters. The molecule has 7 nitrogen and oxygen atoms in total. The van der Waals surface area contributed by atoms with E-state index in [9.17, 15) is 14.7 Å². The minimum atomic E-state index is -1.02. The van der Waals surface area contributed by atoms with E-state index < -0.39 is 17.4 Å². The molecule has 7 heteroatoms. The number of carbonyl (C=O) groups is 2. The van der Waals surface area contributed by atoms with Crippen molar-refractivity contribution in [1.82, 2.24) is 15.1 Å². The molecule has 1 heterocycles. The van der Waals surface area contributed by atoms with Gasteiger partial charge in [0.1, 0.15) is 6.04 Å². The highest BCUT2D eigenvalue weighted by Crippen LogP contribution is 2.19. The van der Waals surface area contributed by atoms with Crippen molar-refractivity contribution in [3.05, 3.63) is 0 Å². The quantitative estimate of drug-likeness (QED) is 0.666. The van der Waals surface area contributed by atoms with Gasteiger partial charge in [0.25, 0.3) is 0 Å². The number of carbonyl (C=O) groups excluding carboxylic acids is 1. The van der Waals surface area contributed by atoms with Crippen LogP contribution in [0.3, 0.4) is 0 Å². The molecule has 1 saturated heterocycles. The number of nitrogens with one attached hydrogen (secondary N) is 1. The van der Waals surface area contributed by atoms with Crippen LogP contribution >= 0.6 is 0 Å². The fourth-order valence-electron chi connectivity index (χ4n) is 2.18. The van der Waals surface area contributed by atoms with Gasteiger partial charge in [-0.05, 0) is 5.41 Å². The molecule has 0 aliphatic carbocycles. The minimum Gasteiger partial charge on any atom is -0.480 e. The maximum absolute atomic E-state index is 12.1. The largest absolute Gasteiger partial charge is 0.480 e. The van der Waals surface area contributed by atoms with Crippen molar-refractivity contribution < 1.29 is 19.8 Å². The average molecular weight is 287 g/mol. The number of nitrogens with zero attached hydrogens (tertiary/aromatic N) is 2. The number of urea groups is 1. The summed E-state index contributed by atoms with van der Waals surface area (Å²) in [6.45, 7) is 8.54. The summed E-state index contributed by atoms with van der Waals surface area (Å²) in [4.78, 5) is 27.0. The summed E-state index contributed by atoms with van der Waals surface area (Å²) in [6.07, 6.45) is 0. The molecule has 1 fully saturated rings. The minimum absolute atomic E-state index is 0.108. The van der Waals surface area contributed by atoms with Crippen LogP contribution in [0.15, 0.2) is 0 Å². The number of hydrogen-bond acceptors (Lipinski definition) is 4.